The SMILES string of the molecule is C[C@@H]1COCCN1c1cc(-c2cn(C)nc2C(F)(F)F)nc(-c2ccnc3[nH]ccc23)n1. The number of morpholine rings is 1. The predicted molar refractivity (Wildman–Crippen MR) is 112 cm³/mol. The van der Waals surface area contributed by atoms with Crippen LogP contribution in [0.5, 0.6) is 0 Å². The van der Waals surface area contributed by atoms with Gasteiger partial charge in [0.25, 0.3) is 0 Å². The van der Waals surface area contributed by atoms with Crippen LogP contribution in [0.25, 0.3) is 33.7 Å². The molecule has 0 bridgehead atoms. The summed E-state index contributed by atoms with van der Waals surface area (Å²) in [5.74, 6) is 0.860. The van der Waals surface area contributed by atoms with E-state index >= 15 is 0 Å². The number of nitrogens with one attached hydrogen (secondary N) is 1. The summed E-state index contributed by atoms with van der Waals surface area (Å²) in [5.41, 5.74) is 0.412. The minimum Gasteiger partial charge on any atom is -0.377 e. The summed E-state index contributed by atoms with van der Waals surface area (Å²) >= 11 is 0. The summed E-state index contributed by atoms with van der Waals surface area (Å²) in [6.45, 7) is 3.58. The van der Waals surface area contributed by atoms with E-state index in [1.165, 1.54) is 13.2 Å². The fourth-order valence-corrected chi connectivity index (χ4v) is 3.95. The van der Waals surface area contributed by atoms with E-state index in [9.17, 15) is 13.2 Å². The maximum atomic E-state index is 13.7. The van der Waals surface area contributed by atoms with Crippen LogP contribution in [0.15, 0.2) is 36.8 Å². The van der Waals surface area contributed by atoms with Crippen LogP contribution in [-0.2, 0) is 18.0 Å². The number of aromatic nitrogens is 6. The zero-order chi connectivity index (χ0) is 22.5. The standard InChI is InChI=1S/C21H20F3N7O/c1-12-11-32-8-7-31(12)17-9-16(15-10-30(2)29-18(15)21(22,23)24)27-20(28-17)14-4-6-26-19-13(14)3-5-25-19/h3-6,9-10,12H,7-8,11H2,1-2H3,(H,25,26)/t12-/m1/s1. The van der Waals surface area contributed by atoms with E-state index in [1.807, 2.05) is 17.9 Å². The van der Waals surface area contributed by atoms with Gasteiger partial charge in [0, 0.05) is 49.2 Å². The van der Waals surface area contributed by atoms with E-state index in [0.717, 1.165) is 10.1 Å². The van der Waals surface area contributed by atoms with Gasteiger partial charge in [0.2, 0.25) is 0 Å². The molecule has 11 heteroatoms. The topological polar surface area (TPSA) is 84.8 Å². The molecule has 0 saturated carbocycles. The third-order valence-corrected chi connectivity index (χ3v) is 5.45. The number of hydrogen-bond acceptors (Lipinski definition) is 6. The van der Waals surface area contributed by atoms with Gasteiger partial charge < -0.3 is 14.6 Å². The first-order valence-corrected chi connectivity index (χ1v) is 10.1. The van der Waals surface area contributed by atoms with Crippen LogP contribution >= 0.6 is 0 Å². The van der Waals surface area contributed by atoms with Crippen molar-refractivity contribution in [1.29, 1.82) is 0 Å². The van der Waals surface area contributed by atoms with Crippen LogP contribution in [-0.4, -0.2) is 55.5 Å². The van der Waals surface area contributed by atoms with E-state index in [-0.39, 0.29) is 17.3 Å². The molecule has 0 spiro atoms. The monoisotopic (exact) mass is 443 g/mol. The van der Waals surface area contributed by atoms with Crippen LogP contribution < -0.4 is 4.90 Å². The first kappa shape index (κ1) is 20.4. The second-order valence-corrected chi connectivity index (χ2v) is 7.71. The molecule has 166 valence electrons. The van der Waals surface area contributed by atoms with Gasteiger partial charge in [-0.3, -0.25) is 4.68 Å². The summed E-state index contributed by atoms with van der Waals surface area (Å²) in [5, 5.41) is 4.43. The molecule has 1 N–H and O–H groups in total. The fraction of sp³-hybridized carbons (Fsp3) is 0.333. The minimum atomic E-state index is -4.61. The molecule has 4 aromatic heterocycles. The van der Waals surface area contributed by atoms with Crippen molar-refractivity contribution in [3.8, 4) is 22.6 Å². The molecule has 1 atom stereocenters. The molecule has 0 aliphatic carbocycles. The number of aryl methyl sites for hydroxylation is 1. The smallest absolute Gasteiger partial charge is 0.377 e. The van der Waals surface area contributed by atoms with Gasteiger partial charge in [-0.05, 0) is 19.1 Å². The van der Waals surface area contributed by atoms with E-state index < -0.39 is 11.9 Å². The Bertz CT molecular complexity index is 1280. The highest BCUT2D eigenvalue weighted by atomic mass is 19.4. The maximum absolute atomic E-state index is 13.7. The normalized spacial score (nSPS) is 17.3. The quantitative estimate of drug-likeness (QED) is 0.520. The second kappa shape index (κ2) is 7.59. The lowest BCUT2D eigenvalue weighted by Crippen LogP contribution is -2.44. The number of H-pyrrole nitrogens is 1. The average Bonchev–Trinajstić information content (AvgIpc) is 3.40. The molecule has 32 heavy (non-hydrogen) atoms. The Kier molecular flexibility index (Phi) is 4.85. The number of hydrogen-bond donors (Lipinski definition) is 1. The van der Waals surface area contributed by atoms with Crippen LogP contribution in [0.1, 0.15) is 12.6 Å². The van der Waals surface area contributed by atoms with Crippen molar-refractivity contribution in [2.45, 2.75) is 19.1 Å². The Hall–Kier alpha value is -3.47. The highest BCUT2D eigenvalue weighted by Gasteiger charge is 2.38. The van der Waals surface area contributed by atoms with Gasteiger partial charge in [0.05, 0.1) is 30.5 Å². The molecule has 1 aliphatic heterocycles. The molecule has 0 aromatic carbocycles. The van der Waals surface area contributed by atoms with Crippen molar-refractivity contribution in [3.63, 3.8) is 0 Å². The number of ether oxygens (including phenoxy) is 1. The van der Waals surface area contributed by atoms with E-state index in [4.69, 9.17) is 9.72 Å². The van der Waals surface area contributed by atoms with Gasteiger partial charge in [0.15, 0.2) is 11.5 Å². The van der Waals surface area contributed by atoms with Crippen LogP contribution in [0.2, 0.25) is 0 Å². The number of alkyl halides is 3. The molecular weight excluding hydrogens is 423 g/mol. The third kappa shape index (κ3) is 3.58. The molecule has 4 aromatic rings. The largest absolute Gasteiger partial charge is 0.435 e. The minimum absolute atomic E-state index is 0.0139. The highest BCUT2D eigenvalue weighted by Crippen LogP contribution is 2.37. The summed E-state index contributed by atoms with van der Waals surface area (Å²) < 4.78 is 47.8. The van der Waals surface area contributed by atoms with Crippen molar-refractivity contribution in [2.75, 3.05) is 24.7 Å². The number of aromatic amines is 1. The van der Waals surface area contributed by atoms with Crippen molar-refractivity contribution in [3.05, 3.63) is 42.5 Å². The zero-order valence-electron chi connectivity index (χ0n) is 17.4. The first-order chi connectivity index (χ1) is 15.3. The van der Waals surface area contributed by atoms with Gasteiger partial charge in [-0.15, -0.1) is 0 Å². The summed E-state index contributed by atoms with van der Waals surface area (Å²) in [6, 6.07) is 5.21. The van der Waals surface area contributed by atoms with Gasteiger partial charge in [-0.25, -0.2) is 15.0 Å². The van der Waals surface area contributed by atoms with Gasteiger partial charge in [-0.2, -0.15) is 18.3 Å². The average molecular weight is 443 g/mol. The Labute approximate surface area is 181 Å². The van der Waals surface area contributed by atoms with Gasteiger partial charge in [-0.1, -0.05) is 0 Å². The Morgan fingerprint density at radius 3 is 2.81 bits per heavy atom. The molecule has 1 saturated heterocycles. The summed E-state index contributed by atoms with van der Waals surface area (Å²) in [4.78, 5) is 18.6. The Balaban J connectivity index is 1.74. The van der Waals surface area contributed by atoms with Gasteiger partial charge >= 0.3 is 6.18 Å². The molecule has 5 rings (SSSR count). The maximum Gasteiger partial charge on any atom is 0.435 e. The molecule has 0 amide bonds. The van der Waals surface area contributed by atoms with Gasteiger partial charge in [0.1, 0.15) is 11.5 Å². The first-order valence-electron chi connectivity index (χ1n) is 10.1. The molecule has 0 radical (unpaired) electrons. The molecule has 0 unspecified atom stereocenters. The number of rotatable bonds is 3. The van der Waals surface area contributed by atoms with Crippen molar-refractivity contribution in [2.24, 2.45) is 7.05 Å². The lowest BCUT2D eigenvalue weighted by molar-refractivity contribution is -0.141. The number of fused-ring (bicyclic) bond motifs is 1. The number of pyridine rings is 1. The summed E-state index contributed by atoms with van der Waals surface area (Å²) in [7, 11) is 1.46. The van der Waals surface area contributed by atoms with Crippen molar-refractivity contribution < 1.29 is 17.9 Å². The lowest BCUT2D eigenvalue weighted by Gasteiger charge is -2.34. The molecule has 5 heterocycles. The second-order valence-electron chi connectivity index (χ2n) is 7.71. The van der Waals surface area contributed by atoms with Crippen molar-refractivity contribution >= 4 is 16.9 Å². The Morgan fingerprint density at radius 1 is 1.19 bits per heavy atom. The van der Waals surface area contributed by atoms with Crippen molar-refractivity contribution in [1.82, 2.24) is 29.7 Å². The zero-order valence-corrected chi connectivity index (χ0v) is 17.4. The highest BCUT2D eigenvalue weighted by molar-refractivity contribution is 5.91. The third-order valence-electron chi connectivity index (χ3n) is 5.45. The predicted octanol–water partition coefficient (Wildman–Crippen LogP) is 3.66. The Morgan fingerprint density at radius 2 is 2.03 bits per heavy atom. The number of halogens is 3. The lowest BCUT2D eigenvalue weighted by atomic mass is 10.1. The summed E-state index contributed by atoms with van der Waals surface area (Å²) in [6.07, 6.45) is 0.0872. The van der Waals surface area contributed by atoms with E-state index in [0.29, 0.717) is 42.6 Å². The van der Waals surface area contributed by atoms with Crippen LogP contribution in [0.4, 0.5) is 19.0 Å². The number of nitrogens with zero attached hydrogens (tertiary/aromatic N) is 6. The van der Waals surface area contributed by atoms with Crippen LogP contribution in [0.3, 0.4) is 0 Å². The molecule has 1 fully saturated rings. The molecule has 1 aliphatic rings. The van der Waals surface area contributed by atoms with E-state index in [1.54, 1.807) is 24.5 Å². The fourth-order valence-electron chi connectivity index (χ4n) is 3.95. The molecule has 8 nitrogen and oxygen atoms in total. The van der Waals surface area contributed by atoms with E-state index in [2.05, 4.69) is 20.1 Å². The van der Waals surface area contributed by atoms with Crippen LogP contribution in [0, 0.1) is 0 Å². The number of anilines is 1. The molecular formula is C21H20F3N7O.